The van der Waals surface area contributed by atoms with Gasteiger partial charge in [0, 0.05) is 6.07 Å². The van der Waals surface area contributed by atoms with Gasteiger partial charge in [0.1, 0.15) is 6.73 Å². The summed E-state index contributed by atoms with van der Waals surface area (Å²) in [5.74, 6) is -0.886. The highest BCUT2D eigenvalue weighted by atomic mass is 127. The number of anilines is 1. The molecule has 1 aromatic carbocycles. The fraction of sp³-hybridized carbons (Fsp3) is 0.300. The van der Waals surface area contributed by atoms with Crippen LogP contribution in [-0.4, -0.2) is 35.7 Å². The Labute approximate surface area is 128 Å². The molecule has 1 aromatic rings. The molecule has 0 aromatic heterocycles. The molecule has 1 aliphatic heterocycles. The molecule has 0 saturated carbocycles. The second kappa shape index (κ2) is 6.59. The lowest BCUT2D eigenvalue weighted by Gasteiger charge is -2.19. The van der Waals surface area contributed by atoms with E-state index in [1.807, 2.05) is 22.0 Å². The van der Waals surface area contributed by atoms with Crippen LogP contribution < -0.4 is 4.90 Å². The zero-order valence-corrected chi connectivity index (χ0v) is 13.2. The lowest BCUT2D eigenvalue weighted by atomic mass is 10.2. The predicted molar refractivity (Wildman–Crippen MR) is 80.4 cm³/mol. The van der Waals surface area contributed by atoms with Gasteiger partial charge < -0.3 is 9.42 Å². The molecule has 1 unspecified atom stereocenters. The second-order valence-electron chi connectivity index (χ2n) is 4.02. The van der Waals surface area contributed by atoms with Gasteiger partial charge in [0.2, 0.25) is 5.91 Å². The summed E-state index contributed by atoms with van der Waals surface area (Å²) in [6.07, 6.45) is 0. The van der Waals surface area contributed by atoms with Gasteiger partial charge in [-0.3, -0.25) is 19.8 Å². The maximum absolute atomic E-state index is 13.9. The lowest BCUT2D eigenvalue weighted by molar-refractivity contribution is -0.385. The van der Waals surface area contributed by atoms with E-state index in [1.165, 1.54) is 21.9 Å². The highest BCUT2D eigenvalue weighted by Crippen LogP contribution is 2.27. The van der Waals surface area contributed by atoms with Gasteiger partial charge in [-0.2, -0.15) is 0 Å². The van der Waals surface area contributed by atoms with Crippen LogP contribution in [0, 0.1) is 15.9 Å². The van der Waals surface area contributed by atoms with Crippen molar-refractivity contribution in [3.05, 3.63) is 34.1 Å². The number of nitro benzene ring substituents is 1. The molecule has 1 heterocycles. The number of hydrogen-bond donors (Lipinski definition) is 0. The van der Waals surface area contributed by atoms with Crippen molar-refractivity contribution in [2.45, 2.75) is 0 Å². The van der Waals surface area contributed by atoms with E-state index in [9.17, 15) is 19.3 Å². The van der Waals surface area contributed by atoms with Crippen molar-refractivity contribution in [2.24, 2.45) is 0 Å². The first-order valence-corrected chi connectivity index (χ1v) is 9.49. The fourth-order valence-corrected chi connectivity index (χ4v) is 2.46. The molecular formula is C10H10FIN3O4P. The largest absolute Gasteiger partial charge is 0.342 e. The average Bonchev–Trinajstić information content (AvgIpc) is 2.77. The zero-order valence-electron chi connectivity index (χ0n) is 10.1. The molecule has 1 fully saturated rings. The van der Waals surface area contributed by atoms with Crippen LogP contribution in [0.1, 0.15) is 0 Å². The van der Waals surface area contributed by atoms with Gasteiger partial charge in [0.25, 0.3) is 5.69 Å². The highest BCUT2D eigenvalue weighted by molar-refractivity contribution is 14.2. The number of nitro groups is 1. The summed E-state index contributed by atoms with van der Waals surface area (Å²) in [5, 5.41) is 10.6. The van der Waals surface area contributed by atoms with Crippen LogP contribution in [0.25, 0.3) is 0 Å². The molecule has 0 bridgehead atoms. The maximum atomic E-state index is 13.9. The Balaban J connectivity index is 2.13. The first kappa shape index (κ1) is 15.3. The Morgan fingerprint density at radius 2 is 2.30 bits per heavy atom. The van der Waals surface area contributed by atoms with E-state index < -0.39 is 10.7 Å². The highest BCUT2D eigenvalue weighted by Gasteiger charge is 2.29. The van der Waals surface area contributed by atoms with Gasteiger partial charge in [-0.25, -0.2) is 4.39 Å². The van der Waals surface area contributed by atoms with Crippen molar-refractivity contribution < 1.29 is 18.6 Å². The lowest BCUT2D eigenvalue weighted by Crippen LogP contribution is -2.28. The van der Waals surface area contributed by atoms with Crippen molar-refractivity contribution >= 4 is 45.8 Å². The van der Waals surface area contributed by atoms with E-state index in [1.54, 1.807) is 0 Å². The number of hydrogen-bond acceptors (Lipinski definition) is 5. The Kier molecular flexibility index (Phi) is 5.06. The van der Waals surface area contributed by atoms with Gasteiger partial charge >= 0.3 is 0 Å². The van der Waals surface area contributed by atoms with Gasteiger partial charge in [-0.1, -0.05) is 0 Å². The Bertz CT molecular complexity index is 547. The Morgan fingerprint density at radius 1 is 1.55 bits per heavy atom. The number of benzene rings is 1. The number of halogens is 2. The second-order valence-corrected chi connectivity index (χ2v) is 5.78. The molecule has 0 radical (unpaired) electrons. The zero-order chi connectivity index (χ0) is 14.7. The summed E-state index contributed by atoms with van der Waals surface area (Å²) in [6.45, 7) is 0.626. The standard InChI is InChI=1S/C10H10FIN3O4P/c11-8-3-7(15(17)18)1-2-9(8)13-4-10(16)14(5-13)6-19-20-12/h1-3,20H,4-6H2. The summed E-state index contributed by atoms with van der Waals surface area (Å²) in [5.41, 5.74) is -0.147. The van der Waals surface area contributed by atoms with E-state index in [0.29, 0.717) is 0 Å². The van der Waals surface area contributed by atoms with Gasteiger partial charge in [0.05, 0.1) is 36.3 Å². The van der Waals surface area contributed by atoms with Gasteiger partial charge in [0.15, 0.2) is 5.82 Å². The number of nitrogens with zero attached hydrogens (tertiary/aromatic N) is 3. The third-order valence-corrected chi connectivity index (χ3v) is 3.95. The van der Waals surface area contributed by atoms with Crippen molar-refractivity contribution in [2.75, 3.05) is 24.8 Å². The van der Waals surface area contributed by atoms with E-state index in [0.717, 1.165) is 6.07 Å². The molecular weight excluding hydrogens is 403 g/mol. The van der Waals surface area contributed by atoms with Crippen LogP contribution in [0.3, 0.4) is 0 Å². The average molecular weight is 413 g/mol. The smallest absolute Gasteiger partial charge is 0.272 e. The van der Waals surface area contributed by atoms with Crippen molar-refractivity contribution in [1.29, 1.82) is 0 Å². The molecule has 1 saturated heterocycles. The SMILES string of the molecule is O=C1CN(c2ccc([N+](=O)[O-])cc2F)CN1COPI. The number of rotatable bonds is 5. The molecule has 0 N–H and O–H groups in total. The summed E-state index contributed by atoms with van der Waals surface area (Å²) < 4.78 is 19.0. The Hall–Kier alpha value is -1.06. The van der Waals surface area contributed by atoms with Gasteiger partial charge in [-0.15, -0.1) is 0 Å². The minimum Gasteiger partial charge on any atom is -0.342 e. The summed E-state index contributed by atoms with van der Waals surface area (Å²) >= 11 is 2.04. The number of non-ortho nitro benzene ring substituents is 1. The minimum atomic E-state index is -0.717. The number of amides is 1. The Morgan fingerprint density at radius 3 is 2.90 bits per heavy atom. The van der Waals surface area contributed by atoms with E-state index in [2.05, 4.69) is 0 Å². The number of carbonyl (C=O) groups excluding carboxylic acids is 1. The van der Waals surface area contributed by atoms with Crippen molar-refractivity contribution in [3.8, 4) is 0 Å². The quantitative estimate of drug-likeness (QED) is 0.321. The number of carbonyl (C=O) groups is 1. The van der Waals surface area contributed by atoms with E-state index >= 15 is 0 Å². The fourth-order valence-electron chi connectivity index (χ4n) is 1.84. The summed E-state index contributed by atoms with van der Waals surface area (Å²) in [4.78, 5) is 24.6. The van der Waals surface area contributed by atoms with Crippen LogP contribution in [0.2, 0.25) is 0 Å². The van der Waals surface area contributed by atoms with Crippen molar-refractivity contribution in [1.82, 2.24) is 4.90 Å². The first-order valence-electron chi connectivity index (χ1n) is 5.47. The molecule has 0 aliphatic carbocycles. The predicted octanol–water partition coefficient (Wildman–Crippen LogP) is 2.26. The topological polar surface area (TPSA) is 75.9 Å². The summed E-state index contributed by atoms with van der Waals surface area (Å²) in [6, 6.07) is 3.38. The van der Waals surface area contributed by atoms with Crippen LogP contribution in [0.15, 0.2) is 18.2 Å². The molecule has 108 valence electrons. The summed E-state index contributed by atoms with van der Waals surface area (Å²) in [7, 11) is 0. The van der Waals surface area contributed by atoms with Crippen LogP contribution >= 0.6 is 28.5 Å². The molecule has 2 rings (SSSR count). The van der Waals surface area contributed by atoms with E-state index in [-0.39, 0.29) is 43.7 Å². The molecule has 7 nitrogen and oxygen atoms in total. The molecule has 20 heavy (non-hydrogen) atoms. The normalized spacial score (nSPS) is 15.6. The van der Waals surface area contributed by atoms with Crippen LogP contribution in [0.4, 0.5) is 15.8 Å². The molecule has 10 heteroatoms. The van der Waals surface area contributed by atoms with E-state index in [4.69, 9.17) is 4.52 Å². The third-order valence-electron chi connectivity index (χ3n) is 2.78. The molecule has 1 amide bonds. The molecule has 1 atom stereocenters. The van der Waals surface area contributed by atoms with Crippen LogP contribution in [0.5, 0.6) is 0 Å². The minimum absolute atomic E-state index is 0.0302. The van der Waals surface area contributed by atoms with Crippen LogP contribution in [-0.2, 0) is 9.32 Å². The van der Waals surface area contributed by atoms with Crippen molar-refractivity contribution in [3.63, 3.8) is 0 Å². The molecule has 0 spiro atoms. The monoisotopic (exact) mass is 413 g/mol. The molecule has 1 aliphatic rings. The third kappa shape index (κ3) is 3.33. The maximum Gasteiger partial charge on any atom is 0.272 e. The first-order chi connectivity index (χ1) is 9.52. The van der Waals surface area contributed by atoms with Gasteiger partial charge in [-0.05, 0) is 28.1 Å².